The van der Waals surface area contributed by atoms with Crippen LogP contribution in [-0.2, 0) is 10.0 Å². The zero-order valence-electron chi connectivity index (χ0n) is 10.5. The minimum Gasteiger partial charge on any atom is -0.396 e. The number of hydrogen-bond donors (Lipinski definition) is 3. The topological polar surface area (TPSA) is 99.3 Å². The highest BCUT2D eigenvalue weighted by Crippen LogP contribution is 2.25. The second kappa shape index (κ2) is 5.85. The van der Waals surface area contributed by atoms with E-state index in [4.69, 9.17) is 0 Å². The molecule has 6 nitrogen and oxygen atoms in total. The van der Waals surface area contributed by atoms with Gasteiger partial charge in [0.05, 0.1) is 0 Å². The minimum absolute atomic E-state index is 0.0433. The summed E-state index contributed by atoms with van der Waals surface area (Å²) in [5, 5.41) is 9.28. The molecule has 1 aliphatic rings. The SMILES string of the molecule is O=c1cc[nH]cc1S(=O)(=O)NC1CCCCC1CO. The van der Waals surface area contributed by atoms with Crippen molar-refractivity contribution >= 4 is 10.0 Å². The molecule has 0 saturated heterocycles. The standard InChI is InChI=1S/C12H18N2O4S/c15-8-9-3-1-2-4-10(9)14-19(17,18)12-7-13-6-5-11(12)16/h5-7,9-10,14-15H,1-4,8H2,(H,13,16). The van der Waals surface area contributed by atoms with Crippen molar-refractivity contribution in [3.05, 3.63) is 28.7 Å². The Morgan fingerprint density at radius 1 is 1.37 bits per heavy atom. The number of nitrogens with one attached hydrogen (secondary N) is 2. The number of aliphatic hydroxyl groups is 1. The molecular weight excluding hydrogens is 268 g/mol. The van der Waals surface area contributed by atoms with E-state index in [0.29, 0.717) is 6.42 Å². The molecule has 1 aromatic heterocycles. The first kappa shape index (κ1) is 14.2. The highest BCUT2D eigenvalue weighted by molar-refractivity contribution is 7.89. The number of rotatable bonds is 4. The molecule has 2 atom stereocenters. The Kier molecular flexibility index (Phi) is 4.38. The predicted octanol–water partition coefficient (Wildman–Crippen LogP) is 0.204. The Labute approximate surface area is 111 Å². The summed E-state index contributed by atoms with van der Waals surface area (Å²) < 4.78 is 26.9. The summed E-state index contributed by atoms with van der Waals surface area (Å²) in [5.74, 6) is -0.0775. The van der Waals surface area contributed by atoms with Crippen molar-refractivity contribution in [1.82, 2.24) is 9.71 Å². The van der Waals surface area contributed by atoms with Crippen molar-refractivity contribution in [2.45, 2.75) is 36.6 Å². The van der Waals surface area contributed by atoms with Crippen LogP contribution in [-0.4, -0.2) is 31.2 Å². The summed E-state index contributed by atoms with van der Waals surface area (Å²) in [6.45, 7) is -0.0433. The monoisotopic (exact) mass is 286 g/mol. The van der Waals surface area contributed by atoms with E-state index in [0.717, 1.165) is 19.3 Å². The molecule has 0 amide bonds. The molecule has 0 aromatic carbocycles. The first-order valence-corrected chi connectivity index (χ1v) is 7.83. The van der Waals surface area contributed by atoms with Crippen molar-refractivity contribution in [3.8, 4) is 0 Å². The Bertz CT molecular complexity index is 581. The van der Waals surface area contributed by atoms with Gasteiger partial charge in [-0.15, -0.1) is 0 Å². The van der Waals surface area contributed by atoms with Gasteiger partial charge in [-0.2, -0.15) is 0 Å². The second-order valence-corrected chi connectivity index (χ2v) is 6.51. The molecule has 1 fully saturated rings. The zero-order chi connectivity index (χ0) is 13.9. The summed E-state index contributed by atoms with van der Waals surface area (Å²) in [6.07, 6.45) is 5.98. The lowest BCUT2D eigenvalue weighted by Gasteiger charge is -2.30. The number of aromatic amines is 1. The third-order valence-electron chi connectivity index (χ3n) is 3.53. The van der Waals surface area contributed by atoms with Gasteiger partial charge in [-0.3, -0.25) is 4.79 Å². The van der Waals surface area contributed by atoms with E-state index in [-0.39, 0.29) is 23.5 Å². The van der Waals surface area contributed by atoms with E-state index in [9.17, 15) is 18.3 Å². The van der Waals surface area contributed by atoms with Crippen molar-refractivity contribution < 1.29 is 13.5 Å². The molecule has 0 bridgehead atoms. The molecule has 2 unspecified atom stereocenters. The number of sulfonamides is 1. The maximum absolute atomic E-state index is 12.2. The van der Waals surface area contributed by atoms with Crippen molar-refractivity contribution in [3.63, 3.8) is 0 Å². The smallest absolute Gasteiger partial charge is 0.246 e. The van der Waals surface area contributed by atoms with Crippen molar-refractivity contribution in [2.24, 2.45) is 5.92 Å². The molecule has 19 heavy (non-hydrogen) atoms. The highest BCUT2D eigenvalue weighted by atomic mass is 32.2. The summed E-state index contributed by atoms with van der Waals surface area (Å²) in [7, 11) is -3.84. The number of aliphatic hydroxyl groups excluding tert-OH is 1. The minimum atomic E-state index is -3.84. The quantitative estimate of drug-likeness (QED) is 0.736. The number of aromatic nitrogens is 1. The average Bonchev–Trinajstić information content (AvgIpc) is 2.39. The summed E-state index contributed by atoms with van der Waals surface area (Å²) in [5.41, 5.74) is -0.539. The van der Waals surface area contributed by atoms with E-state index in [1.54, 1.807) is 0 Å². The van der Waals surface area contributed by atoms with Crippen LogP contribution < -0.4 is 10.2 Å². The lowest BCUT2D eigenvalue weighted by molar-refractivity contribution is 0.164. The molecule has 1 aromatic rings. The van der Waals surface area contributed by atoms with E-state index in [1.807, 2.05) is 0 Å². The van der Waals surface area contributed by atoms with Gasteiger partial charge in [0, 0.05) is 31.1 Å². The Balaban J connectivity index is 2.22. The summed E-state index contributed by atoms with van der Waals surface area (Å²) in [6, 6.07) is 0.877. The predicted molar refractivity (Wildman–Crippen MR) is 70.2 cm³/mol. The van der Waals surface area contributed by atoms with Crippen LogP contribution in [0, 0.1) is 5.92 Å². The molecule has 1 aliphatic carbocycles. The average molecular weight is 286 g/mol. The number of pyridine rings is 1. The highest BCUT2D eigenvalue weighted by Gasteiger charge is 2.29. The van der Waals surface area contributed by atoms with Crippen LogP contribution in [0.1, 0.15) is 25.7 Å². The van der Waals surface area contributed by atoms with E-state index in [1.165, 1.54) is 18.5 Å². The first-order chi connectivity index (χ1) is 9.04. The molecular formula is C12H18N2O4S. The van der Waals surface area contributed by atoms with Gasteiger partial charge < -0.3 is 10.1 Å². The third-order valence-corrected chi connectivity index (χ3v) is 5.04. The van der Waals surface area contributed by atoms with Crippen LogP contribution in [0.5, 0.6) is 0 Å². The fraction of sp³-hybridized carbons (Fsp3) is 0.583. The van der Waals surface area contributed by atoms with Crippen LogP contribution in [0.2, 0.25) is 0 Å². The Morgan fingerprint density at radius 2 is 2.11 bits per heavy atom. The fourth-order valence-electron chi connectivity index (χ4n) is 2.45. The fourth-order valence-corrected chi connectivity index (χ4v) is 3.85. The van der Waals surface area contributed by atoms with Crippen LogP contribution in [0.4, 0.5) is 0 Å². The van der Waals surface area contributed by atoms with Gasteiger partial charge in [-0.1, -0.05) is 12.8 Å². The Hall–Kier alpha value is -1.18. The van der Waals surface area contributed by atoms with Gasteiger partial charge in [0.2, 0.25) is 15.5 Å². The third kappa shape index (κ3) is 3.23. The van der Waals surface area contributed by atoms with E-state index < -0.39 is 15.5 Å². The van der Waals surface area contributed by atoms with Crippen LogP contribution in [0.15, 0.2) is 28.2 Å². The lowest BCUT2D eigenvalue weighted by atomic mass is 9.86. The molecule has 0 radical (unpaired) electrons. The zero-order valence-corrected chi connectivity index (χ0v) is 11.3. The van der Waals surface area contributed by atoms with Gasteiger partial charge in [0.1, 0.15) is 4.90 Å². The van der Waals surface area contributed by atoms with Crippen LogP contribution >= 0.6 is 0 Å². The summed E-state index contributed by atoms with van der Waals surface area (Å²) in [4.78, 5) is 13.9. The van der Waals surface area contributed by atoms with Gasteiger partial charge >= 0.3 is 0 Å². The second-order valence-electron chi connectivity index (χ2n) is 4.83. The van der Waals surface area contributed by atoms with Gasteiger partial charge in [0.25, 0.3) is 0 Å². The maximum atomic E-state index is 12.2. The van der Waals surface area contributed by atoms with Crippen LogP contribution in [0.3, 0.4) is 0 Å². The normalized spacial score (nSPS) is 24.3. The largest absolute Gasteiger partial charge is 0.396 e. The first-order valence-electron chi connectivity index (χ1n) is 6.35. The van der Waals surface area contributed by atoms with Crippen LogP contribution in [0.25, 0.3) is 0 Å². The molecule has 1 heterocycles. The summed E-state index contributed by atoms with van der Waals surface area (Å²) >= 11 is 0. The lowest BCUT2D eigenvalue weighted by Crippen LogP contribution is -2.44. The molecule has 0 aliphatic heterocycles. The van der Waals surface area contributed by atoms with Gasteiger partial charge in [-0.05, 0) is 18.8 Å². The number of hydrogen-bond acceptors (Lipinski definition) is 4. The Morgan fingerprint density at radius 3 is 2.79 bits per heavy atom. The maximum Gasteiger partial charge on any atom is 0.246 e. The molecule has 2 rings (SSSR count). The molecule has 7 heteroatoms. The van der Waals surface area contributed by atoms with Gasteiger partial charge in [0.15, 0.2) is 0 Å². The molecule has 106 valence electrons. The van der Waals surface area contributed by atoms with Gasteiger partial charge in [-0.25, -0.2) is 13.1 Å². The number of H-pyrrole nitrogens is 1. The van der Waals surface area contributed by atoms with Crippen molar-refractivity contribution in [1.29, 1.82) is 0 Å². The molecule has 0 spiro atoms. The van der Waals surface area contributed by atoms with Crippen molar-refractivity contribution in [2.75, 3.05) is 6.61 Å². The van der Waals surface area contributed by atoms with E-state index >= 15 is 0 Å². The molecule has 3 N–H and O–H groups in total. The molecule has 1 saturated carbocycles. The van der Waals surface area contributed by atoms with E-state index in [2.05, 4.69) is 9.71 Å².